The van der Waals surface area contributed by atoms with Crippen molar-refractivity contribution in [3.05, 3.63) is 11.8 Å². The van der Waals surface area contributed by atoms with Gasteiger partial charge in [-0.05, 0) is 20.8 Å². The molecule has 0 bridgehead atoms. The van der Waals surface area contributed by atoms with Crippen LogP contribution in [0.2, 0.25) is 0 Å². The van der Waals surface area contributed by atoms with Crippen molar-refractivity contribution in [1.29, 1.82) is 0 Å². The summed E-state index contributed by atoms with van der Waals surface area (Å²) in [5.41, 5.74) is 0. The second kappa shape index (κ2) is 6.89. The summed E-state index contributed by atoms with van der Waals surface area (Å²) in [5, 5.41) is 14.9. The van der Waals surface area contributed by atoms with Gasteiger partial charge in [0.25, 0.3) is 0 Å². The Morgan fingerprint density at radius 3 is 2.68 bits per heavy atom. The number of carbonyl (C=O) groups is 2. The SMILES string of the molecule is Cc1cc(NC(=O)CN(CCC(=O)O)C(C)C)no1. The van der Waals surface area contributed by atoms with Gasteiger partial charge >= 0.3 is 5.97 Å². The Morgan fingerprint density at radius 2 is 2.21 bits per heavy atom. The Kier molecular flexibility index (Phi) is 5.50. The molecule has 0 atom stereocenters. The minimum atomic E-state index is -0.877. The monoisotopic (exact) mass is 269 g/mol. The van der Waals surface area contributed by atoms with Crippen LogP contribution in [-0.2, 0) is 9.59 Å². The average Bonchev–Trinajstić information content (AvgIpc) is 2.69. The summed E-state index contributed by atoms with van der Waals surface area (Å²) in [7, 11) is 0. The number of aromatic nitrogens is 1. The van der Waals surface area contributed by atoms with Crippen LogP contribution < -0.4 is 5.32 Å². The molecule has 1 aromatic rings. The molecule has 7 heteroatoms. The molecule has 1 amide bonds. The van der Waals surface area contributed by atoms with Gasteiger partial charge in [-0.25, -0.2) is 0 Å². The standard InChI is InChI=1S/C12H19N3O4/c1-8(2)15(5-4-12(17)18)7-11(16)13-10-6-9(3)19-14-10/h6,8H,4-5,7H2,1-3H3,(H,17,18)(H,13,14,16). The summed E-state index contributed by atoms with van der Waals surface area (Å²) in [6, 6.07) is 1.71. The van der Waals surface area contributed by atoms with Crippen LogP contribution in [0.5, 0.6) is 0 Å². The number of aryl methyl sites for hydroxylation is 1. The highest BCUT2D eigenvalue weighted by atomic mass is 16.5. The van der Waals surface area contributed by atoms with Crippen molar-refractivity contribution in [2.75, 3.05) is 18.4 Å². The second-order valence-electron chi connectivity index (χ2n) is 4.58. The Morgan fingerprint density at radius 1 is 1.53 bits per heavy atom. The number of carboxylic acids is 1. The number of carbonyl (C=O) groups excluding carboxylic acids is 1. The van der Waals surface area contributed by atoms with Crippen molar-refractivity contribution < 1.29 is 19.2 Å². The van der Waals surface area contributed by atoms with Crippen molar-refractivity contribution in [3.8, 4) is 0 Å². The molecule has 0 saturated heterocycles. The molecule has 2 N–H and O–H groups in total. The van der Waals surface area contributed by atoms with Crippen molar-refractivity contribution in [1.82, 2.24) is 10.1 Å². The van der Waals surface area contributed by atoms with Crippen LogP contribution in [0.4, 0.5) is 5.82 Å². The number of aliphatic carboxylic acids is 1. The molecule has 1 heterocycles. The van der Waals surface area contributed by atoms with Gasteiger partial charge in [-0.15, -0.1) is 0 Å². The zero-order chi connectivity index (χ0) is 14.4. The molecule has 0 spiro atoms. The Hall–Kier alpha value is -1.89. The average molecular weight is 269 g/mol. The maximum Gasteiger partial charge on any atom is 0.304 e. The quantitative estimate of drug-likeness (QED) is 0.769. The summed E-state index contributed by atoms with van der Waals surface area (Å²) in [6.07, 6.45) is 0.00846. The summed E-state index contributed by atoms with van der Waals surface area (Å²) in [5.74, 6) is -0.142. The summed E-state index contributed by atoms with van der Waals surface area (Å²) in [4.78, 5) is 24.1. The van der Waals surface area contributed by atoms with E-state index in [2.05, 4.69) is 10.5 Å². The molecule has 1 aromatic heterocycles. The second-order valence-corrected chi connectivity index (χ2v) is 4.58. The van der Waals surface area contributed by atoms with Crippen molar-refractivity contribution >= 4 is 17.7 Å². The van der Waals surface area contributed by atoms with Crippen LogP contribution in [-0.4, -0.2) is 46.2 Å². The van der Waals surface area contributed by atoms with Gasteiger partial charge in [0.1, 0.15) is 5.76 Å². The highest BCUT2D eigenvalue weighted by Gasteiger charge is 2.16. The van der Waals surface area contributed by atoms with Gasteiger partial charge < -0.3 is 14.9 Å². The molecule has 0 aliphatic carbocycles. The number of hydrogen-bond acceptors (Lipinski definition) is 5. The number of carboxylic acid groups (broad SMARTS) is 1. The number of nitrogens with zero attached hydrogens (tertiary/aromatic N) is 2. The highest BCUT2D eigenvalue weighted by Crippen LogP contribution is 2.07. The van der Waals surface area contributed by atoms with Crippen molar-refractivity contribution in [2.45, 2.75) is 33.2 Å². The van der Waals surface area contributed by atoms with Gasteiger partial charge in [0.15, 0.2) is 5.82 Å². The third-order valence-electron chi connectivity index (χ3n) is 2.59. The minimum absolute atomic E-state index is 0.00846. The number of amides is 1. The minimum Gasteiger partial charge on any atom is -0.481 e. The molecule has 0 aromatic carbocycles. The van der Waals surface area contributed by atoms with E-state index in [0.29, 0.717) is 18.1 Å². The molecule has 1 rings (SSSR count). The van der Waals surface area contributed by atoms with E-state index < -0.39 is 5.97 Å². The van der Waals surface area contributed by atoms with Gasteiger partial charge in [-0.2, -0.15) is 0 Å². The van der Waals surface area contributed by atoms with E-state index in [4.69, 9.17) is 9.63 Å². The lowest BCUT2D eigenvalue weighted by Gasteiger charge is -2.24. The summed E-state index contributed by atoms with van der Waals surface area (Å²) < 4.78 is 4.84. The van der Waals surface area contributed by atoms with Gasteiger partial charge in [-0.3, -0.25) is 14.5 Å². The third kappa shape index (κ3) is 5.52. The lowest BCUT2D eigenvalue weighted by molar-refractivity contribution is -0.137. The molecular formula is C12H19N3O4. The van der Waals surface area contributed by atoms with Crippen LogP contribution in [0.1, 0.15) is 26.0 Å². The van der Waals surface area contributed by atoms with Gasteiger partial charge in [-0.1, -0.05) is 5.16 Å². The number of rotatable bonds is 7. The third-order valence-corrected chi connectivity index (χ3v) is 2.59. The zero-order valence-electron chi connectivity index (χ0n) is 11.3. The van der Waals surface area contributed by atoms with Crippen LogP contribution in [0.3, 0.4) is 0 Å². The first-order chi connectivity index (χ1) is 8.88. The topological polar surface area (TPSA) is 95.7 Å². The van der Waals surface area contributed by atoms with Gasteiger partial charge in [0, 0.05) is 18.7 Å². The first-order valence-corrected chi connectivity index (χ1v) is 6.07. The number of hydrogen-bond donors (Lipinski definition) is 2. The zero-order valence-corrected chi connectivity index (χ0v) is 11.3. The Balaban J connectivity index is 2.49. The number of nitrogens with one attached hydrogen (secondary N) is 1. The van der Waals surface area contributed by atoms with Crippen LogP contribution in [0.25, 0.3) is 0 Å². The first kappa shape index (κ1) is 15.2. The van der Waals surface area contributed by atoms with E-state index in [9.17, 15) is 9.59 Å². The Labute approximate surface area is 111 Å². The van der Waals surface area contributed by atoms with Crippen LogP contribution >= 0.6 is 0 Å². The van der Waals surface area contributed by atoms with Crippen LogP contribution in [0, 0.1) is 6.92 Å². The lowest BCUT2D eigenvalue weighted by Crippen LogP contribution is -2.39. The lowest BCUT2D eigenvalue weighted by atomic mass is 10.2. The molecule has 0 unspecified atom stereocenters. The highest BCUT2D eigenvalue weighted by molar-refractivity contribution is 5.91. The smallest absolute Gasteiger partial charge is 0.304 e. The molecule has 7 nitrogen and oxygen atoms in total. The van der Waals surface area contributed by atoms with E-state index in [0.717, 1.165) is 0 Å². The van der Waals surface area contributed by atoms with Crippen molar-refractivity contribution in [2.24, 2.45) is 0 Å². The molecule has 0 aliphatic rings. The molecule has 0 saturated carbocycles. The van der Waals surface area contributed by atoms with E-state index in [1.807, 2.05) is 13.8 Å². The molecule has 0 aliphatic heterocycles. The van der Waals surface area contributed by atoms with E-state index in [-0.39, 0.29) is 24.9 Å². The van der Waals surface area contributed by atoms with E-state index in [1.54, 1.807) is 17.9 Å². The maximum absolute atomic E-state index is 11.8. The fourth-order valence-electron chi connectivity index (χ4n) is 1.55. The van der Waals surface area contributed by atoms with Gasteiger partial charge in [0.2, 0.25) is 5.91 Å². The molecular weight excluding hydrogens is 250 g/mol. The molecule has 0 fully saturated rings. The predicted octanol–water partition coefficient (Wildman–Crippen LogP) is 1.11. The molecule has 19 heavy (non-hydrogen) atoms. The maximum atomic E-state index is 11.8. The fraction of sp³-hybridized carbons (Fsp3) is 0.583. The van der Waals surface area contributed by atoms with E-state index >= 15 is 0 Å². The normalized spacial score (nSPS) is 11.0. The van der Waals surface area contributed by atoms with Crippen LogP contribution in [0.15, 0.2) is 10.6 Å². The fourth-order valence-corrected chi connectivity index (χ4v) is 1.55. The summed E-state index contributed by atoms with van der Waals surface area (Å²) in [6.45, 7) is 6.01. The van der Waals surface area contributed by atoms with E-state index in [1.165, 1.54) is 0 Å². The molecule has 0 radical (unpaired) electrons. The molecule has 106 valence electrons. The van der Waals surface area contributed by atoms with Gasteiger partial charge in [0.05, 0.1) is 13.0 Å². The first-order valence-electron chi connectivity index (χ1n) is 6.07. The summed E-state index contributed by atoms with van der Waals surface area (Å²) >= 11 is 0. The Bertz CT molecular complexity index is 442. The predicted molar refractivity (Wildman–Crippen MR) is 68.8 cm³/mol. The van der Waals surface area contributed by atoms with Crippen molar-refractivity contribution in [3.63, 3.8) is 0 Å². The largest absolute Gasteiger partial charge is 0.481 e. The number of anilines is 1.